The summed E-state index contributed by atoms with van der Waals surface area (Å²) in [6.07, 6.45) is 3.16. The molecule has 2 heterocycles. The summed E-state index contributed by atoms with van der Waals surface area (Å²) in [6.45, 7) is -0.317. The molecule has 0 atom stereocenters. The van der Waals surface area contributed by atoms with Crippen LogP contribution in [0.4, 0.5) is 0 Å². The standard InChI is InChI=1S/C15H11ClN4O5S/c16-12-4-3-10(26(17,22)23)6-11(12)15(21)24-8-13-19-14(20-25-13)9-2-1-5-18-7-9/h1-7H,8H2,(H2,17,22,23). The van der Waals surface area contributed by atoms with Crippen LogP contribution in [0.15, 0.2) is 52.1 Å². The molecule has 134 valence electrons. The van der Waals surface area contributed by atoms with Gasteiger partial charge in [0.15, 0.2) is 6.61 Å². The Kier molecular flexibility index (Phi) is 4.98. The van der Waals surface area contributed by atoms with Crippen molar-refractivity contribution in [2.75, 3.05) is 0 Å². The summed E-state index contributed by atoms with van der Waals surface area (Å²) in [7, 11) is -3.98. The Bertz CT molecular complexity index is 1050. The maximum Gasteiger partial charge on any atom is 0.340 e. The fourth-order valence-electron chi connectivity index (χ4n) is 1.97. The van der Waals surface area contributed by atoms with Crippen LogP contribution in [0.5, 0.6) is 0 Å². The van der Waals surface area contributed by atoms with Crippen molar-refractivity contribution in [1.82, 2.24) is 15.1 Å². The fourth-order valence-corrected chi connectivity index (χ4v) is 2.70. The number of carbonyl (C=O) groups excluding carboxylic acids is 1. The number of ether oxygens (including phenoxy) is 1. The minimum atomic E-state index is -3.98. The Morgan fingerprint density at radius 2 is 2.12 bits per heavy atom. The van der Waals surface area contributed by atoms with E-state index in [0.29, 0.717) is 11.4 Å². The highest BCUT2D eigenvalue weighted by Crippen LogP contribution is 2.21. The second-order valence-corrected chi connectivity index (χ2v) is 6.98. The molecule has 0 unspecified atom stereocenters. The Balaban J connectivity index is 1.73. The summed E-state index contributed by atoms with van der Waals surface area (Å²) < 4.78 is 32.8. The van der Waals surface area contributed by atoms with Gasteiger partial charge in [0, 0.05) is 18.0 Å². The molecule has 0 fully saturated rings. The molecule has 26 heavy (non-hydrogen) atoms. The van der Waals surface area contributed by atoms with Gasteiger partial charge in [0.1, 0.15) is 0 Å². The van der Waals surface area contributed by atoms with E-state index in [2.05, 4.69) is 15.1 Å². The van der Waals surface area contributed by atoms with Crippen molar-refractivity contribution in [2.45, 2.75) is 11.5 Å². The number of nitrogens with two attached hydrogens (primary N) is 1. The Hall–Kier alpha value is -2.82. The molecule has 3 aromatic rings. The topological polar surface area (TPSA) is 138 Å². The lowest BCUT2D eigenvalue weighted by molar-refractivity contribution is 0.0429. The molecule has 0 spiro atoms. The molecule has 0 bridgehead atoms. The molecule has 3 rings (SSSR count). The van der Waals surface area contributed by atoms with Crippen molar-refractivity contribution in [2.24, 2.45) is 5.14 Å². The van der Waals surface area contributed by atoms with Crippen molar-refractivity contribution < 1.29 is 22.5 Å². The molecule has 0 saturated heterocycles. The second-order valence-electron chi connectivity index (χ2n) is 5.02. The van der Waals surface area contributed by atoms with E-state index in [1.54, 1.807) is 24.5 Å². The average molecular weight is 395 g/mol. The van der Waals surface area contributed by atoms with Crippen molar-refractivity contribution in [3.63, 3.8) is 0 Å². The van der Waals surface area contributed by atoms with Crippen molar-refractivity contribution >= 4 is 27.6 Å². The minimum Gasteiger partial charge on any atom is -0.452 e. The lowest BCUT2D eigenvalue weighted by Crippen LogP contribution is -2.14. The first kappa shape index (κ1) is 18.0. The smallest absolute Gasteiger partial charge is 0.340 e. The van der Waals surface area contributed by atoms with Gasteiger partial charge in [-0.3, -0.25) is 4.98 Å². The molecule has 0 aliphatic heterocycles. The maximum atomic E-state index is 12.2. The van der Waals surface area contributed by atoms with E-state index in [-0.39, 0.29) is 28.0 Å². The predicted molar refractivity (Wildman–Crippen MR) is 89.5 cm³/mol. The van der Waals surface area contributed by atoms with Gasteiger partial charge in [0.25, 0.3) is 5.89 Å². The lowest BCUT2D eigenvalue weighted by atomic mass is 10.2. The molecule has 0 radical (unpaired) electrons. The normalized spacial score (nSPS) is 11.3. The van der Waals surface area contributed by atoms with Crippen LogP contribution in [0.2, 0.25) is 5.02 Å². The zero-order valence-electron chi connectivity index (χ0n) is 13.0. The monoisotopic (exact) mass is 394 g/mol. The first-order valence-electron chi connectivity index (χ1n) is 7.07. The zero-order chi connectivity index (χ0) is 18.7. The van der Waals surface area contributed by atoms with Gasteiger partial charge in [0.05, 0.1) is 15.5 Å². The predicted octanol–water partition coefficient (Wildman–Crippen LogP) is 1.79. The van der Waals surface area contributed by atoms with E-state index in [0.717, 1.165) is 6.07 Å². The van der Waals surface area contributed by atoms with E-state index in [1.165, 1.54) is 12.1 Å². The van der Waals surface area contributed by atoms with Gasteiger partial charge in [0.2, 0.25) is 15.8 Å². The number of hydrogen-bond donors (Lipinski definition) is 1. The van der Waals surface area contributed by atoms with Crippen LogP contribution in [0.1, 0.15) is 16.2 Å². The molecule has 2 N–H and O–H groups in total. The van der Waals surface area contributed by atoms with E-state index < -0.39 is 16.0 Å². The maximum absolute atomic E-state index is 12.2. The third-order valence-electron chi connectivity index (χ3n) is 3.20. The first-order valence-corrected chi connectivity index (χ1v) is 8.99. The zero-order valence-corrected chi connectivity index (χ0v) is 14.6. The number of hydrogen-bond acceptors (Lipinski definition) is 8. The largest absolute Gasteiger partial charge is 0.452 e. The van der Waals surface area contributed by atoms with E-state index in [9.17, 15) is 13.2 Å². The van der Waals surface area contributed by atoms with Crippen LogP contribution >= 0.6 is 11.6 Å². The van der Waals surface area contributed by atoms with Crippen molar-refractivity contribution in [3.05, 3.63) is 59.2 Å². The summed E-state index contributed by atoms with van der Waals surface area (Å²) >= 11 is 5.91. The molecular formula is C15H11ClN4O5S. The molecule has 0 amide bonds. The summed E-state index contributed by atoms with van der Waals surface area (Å²) in [5.74, 6) is -0.518. The van der Waals surface area contributed by atoms with Gasteiger partial charge < -0.3 is 9.26 Å². The third-order valence-corrected chi connectivity index (χ3v) is 4.44. The quantitative estimate of drug-likeness (QED) is 0.646. The average Bonchev–Trinajstić information content (AvgIpc) is 3.09. The summed E-state index contributed by atoms with van der Waals surface area (Å²) in [5.41, 5.74) is 0.489. The fraction of sp³-hybridized carbons (Fsp3) is 0.0667. The van der Waals surface area contributed by atoms with Gasteiger partial charge in [-0.2, -0.15) is 4.98 Å². The lowest BCUT2D eigenvalue weighted by Gasteiger charge is -2.06. The molecule has 9 nitrogen and oxygen atoms in total. The van der Waals surface area contributed by atoms with Gasteiger partial charge >= 0.3 is 5.97 Å². The highest BCUT2D eigenvalue weighted by Gasteiger charge is 2.18. The summed E-state index contributed by atoms with van der Waals surface area (Å²) in [4.78, 5) is 19.9. The highest BCUT2D eigenvalue weighted by atomic mass is 35.5. The highest BCUT2D eigenvalue weighted by molar-refractivity contribution is 7.89. The molecule has 2 aromatic heterocycles. The summed E-state index contributed by atoms with van der Waals surface area (Å²) in [6, 6.07) is 6.92. The number of primary sulfonamides is 1. The number of nitrogens with zero attached hydrogens (tertiary/aromatic N) is 3. The number of esters is 1. The van der Waals surface area contributed by atoms with Crippen molar-refractivity contribution in [3.8, 4) is 11.4 Å². The number of sulfonamides is 1. The Morgan fingerprint density at radius 1 is 1.31 bits per heavy atom. The molecule has 0 aliphatic rings. The molecule has 1 aromatic carbocycles. The molecule has 11 heteroatoms. The van der Waals surface area contributed by atoms with Crippen molar-refractivity contribution in [1.29, 1.82) is 0 Å². The number of aromatic nitrogens is 3. The van der Waals surface area contributed by atoms with Gasteiger partial charge in [-0.15, -0.1) is 0 Å². The van der Waals surface area contributed by atoms with Crippen LogP contribution in [-0.2, 0) is 21.4 Å². The second kappa shape index (κ2) is 7.20. The number of carbonyl (C=O) groups is 1. The first-order chi connectivity index (χ1) is 12.3. The minimum absolute atomic E-state index is 0.0176. The van der Waals surface area contributed by atoms with E-state index >= 15 is 0 Å². The third kappa shape index (κ3) is 4.04. The van der Waals surface area contributed by atoms with Crippen LogP contribution in [0, 0.1) is 0 Å². The summed E-state index contributed by atoms with van der Waals surface area (Å²) in [5, 5.41) is 8.82. The molecule has 0 saturated carbocycles. The number of halogens is 1. The SMILES string of the molecule is NS(=O)(=O)c1ccc(Cl)c(C(=O)OCc2nc(-c3cccnc3)no2)c1. The Labute approximate surface area is 152 Å². The van der Waals surface area contributed by atoms with Gasteiger partial charge in [-0.25, -0.2) is 18.4 Å². The van der Waals surface area contributed by atoms with Crippen LogP contribution in [0.25, 0.3) is 11.4 Å². The van der Waals surface area contributed by atoms with Crippen LogP contribution in [-0.4, -0.2) is 29.5 Å². The van der Waals surface area contributed by atoms with Crippen LogP contribution < -0.4 is 5.14 Å². The Morgan fingerprint density at radius 3 is 2.81 bits per heavy atom. The van der Waals surface area contributed by atoms with E-state index in [4.69, 9.17) is 26.0 Å². The molecule has 0 aliphatic carbocycles. The van der Waals surface area contributed by atoms with E-state index in [1.807, 2.05) is 0 Å². The number of rotatable bonds is 5. The number of benzene rings is 1. The number of pyridine rings is 1. The molecular weight excluding hydrogens is 384 g/mol. The van der Waals surface area contributed by atoms with Crippen LogP contribution in [0.3, 0.4) is 0 Å². The van der Waals surface area contributed by atoms with Gasteiger partial charge in [-0.05, 0) is 30.3 Å². The van der Waals surface area contributed by atoms with Gasteiger partial charge in [-0.1, -0.05) is 16.8 Å².